The first-order valence-electron chi connectivity index (χ1n) is 8.71. The van der Waals surface area contributed by atoms with Crippen LogP contribution in [0.1, 0.15) is 19.0 Å². The van der Waals surface area contributed by atoms with Crippen LogP contribution in [-0.2, 0) is 0 Å². The summed E-state index contributed by atoms with van der Waals surface area (Å²) in [5.74, 6) is 3.46. The van der Waals surface area contributed by atoms with Crippen LogP contribution in [0.2, 0.25) is 0 Å². The highest BCUT2D eigenvalue weighted by Crippen LogP contribution is 2.27. The van der Waals surface area contributed by atoms with Gasteiger partial charge in [-0.2, -0.15) is 11.8 Å². The second-order valence-corrected chi connectivity index (χ2v) is 7.30. The van der Waals surface area contributed by atoms with Crippen LogP contribution in [0, 0.1) is 6.92 Å². The fourth-order valence-corrected chi connectivity index (χ4v) is 3.52. The van der Waals surface area contributed by atoms with Crippen molar-refractivity contribution in [3.05, 3.63) is 36.2 Å². The van der Waals surface area contributed by atoms with Crippen LogP contribution in [0.4, 0.5) is 5.82 Å². The van der Waals surface area contributed by atoms with Gasteiger partial charge in [0.15, 0.2) is 0 Å². The monoisotopic (exact) mass is 371 g/mol. The molecule has 26 heavy (non-hydrogen) atoms. The molecule has 0 unspecified atom stereocenters. The van der Waals surface area contributed by atoms with Crippen LogP contribution in [0.3, 0.4) is 0 Å². The Labute approximate surface area is 157 Å². The van der Waals surface area contributed by atoms with Gasteiger partial charge in [-0.1, -0.05) is 6.92 Å². The van der Waals surface area contributed by atoms with Crippen LogP contribution >= 0.6 is 11.8 Å². The normalized spacial score (nSPS) is 12.3. The summed E-state index contributed by atoms with van der Waals surface area (Å²) in [5.41, 5.74) is 9.79. The first kappa shape index (κ1) is 18.5. The van der Waals surface area contributed by atoms with E-state index < -0.39 is 0 Å². The number of nitrogens with zero attached hydrogens (tertiary/aromatic N) is 2. The van der Waals surface area contributed by atoms with Crippen molar-refractivity contribution in [3.63, 3.8) is 0 Å². The van der Waals surface area contributed by atoms with Crippen LogP contribution in [-0.4, -0.2) is 39.7 Å². The van der Waals surface area contributed by atoms with Gasteiger partial charge in [0, 0.05) is 16.7 Å². The summed E-state index contributed by atoms with van der Waals surface area (Å²) in [6.07, 6.45) is 2.73. The van der Waals surface area contributed by atoms with Crippen LogP contribution in [0.25, 0.3) is 22.3 Å². The lowest BCUT2D eigenvalue weighted by Gasteiger charge is -2.14. The zero-order chi connectivity index (χ0) is 18.5. The number of nitrogens with two attached hydrogens (primary N) is 1. The number of ether oxygens (including phenoxy) is 1. The molecule has 0 saturated carbocycles. The van der Waals surface area contributed by atoms with Gasteiger partial charge in [0.1, 0.15) is 17.3 Å². The van der Waals surface area contributed by atoms with E-state index >= 15 is 0 Å². The maximum atomic E-state index is 6.15. The summed E-state index contributed by atoms with van der Waals surface area (Å²) in [4.78, 5) is 12.6. The second-order valence-electron chi connectivity index (χ2n) is 6.15. The number of nitrogens with one attached hydrogen (secondary N) is 2. The molecule has 138 valence electrons. The number of thioether (sulfide) groups is 1. The largest absolute Gasteiger partial charge is 0.497 e. The molecule has 1 aromatic carbocycles. The molecule has 1 atom stereocenters. The van der Waals surface area contributed by atoms with Crippen molar-refractivity contribution in [2.24, 2.45) is 5.73 Å². The summed E-state index contributed by atoms with van der Waals surface area (Å²) >= 11 is 1.84. The summed E-state index contributed by atoms with van der Waals surface area (Å²) in [6, 6.07) is 8.01. The lowest BCUT2D eigenvalue weighted by molar-refractivity contribution is 0.415. The standard InChI is InChI=1S/C19H25N5OS/c1-4-7-26-11-17(20)23-18-10-21-12(2)19(24-18)16-9-13-8-14(25-3)5-6-15(13)22-16/h5-6,8-10,17,22H,4,7,11,20H2,1-3H3,(H,23,24)/t17-/m1/s1. The quantitative estimate of drug-likeness (QED) is 0.412. The molecule has 0 spiro atoms. The van der Waals surface area contributed by atoms with Crippen LogP contribution in [0.15, 0.2) is 30.5 Å². The van der Waals surface area contributed by atoms with Gasteiger partial charge >= 0.3 is 0 Å². The Hall–Kier alpha value is -2.25. The average Bonchev–Trinajstić information content (AvgIpc) is 3.06. The third-order valence-electron chi connectivity index (χ3n) is 4.02. The van der Waals surface area contributed by atoms with Gasteiger partial charge in [0.05, 0.1) is 30.9 Å². The average molecular weight is 372 g/mol. The van der Waals surface area contributed by atoms with E-state index in [-0.39, 0.29) is 6.17 Å². The number of rotatable bonds is 8. The molecule has 2 aromatic heterocycles. The number of anilines is 1. The Balaban J connectivity index is 1.83. The molecule has 0 aliphatic carbocycles. The van der Waals surface area contributed by atoms with Gasteiger partial charge in [-0.3, -0.25) is 4.98 Å². The van der Waals surface area contributed by atoms with Gasteiger partial charge in [-0.15, -0.1) is 0 Å². The number of aromatic amines is 1. The number of hydrogen-bond donors (Lipinski definition) is 3. The van der Waals surface area contributed by atoms with E-state index in [0.29, 0.717) is 5.82 Å². The summed E-state index contributed by atoms with van der Waals surface area (Å²) < 4.78 is 5.30. The van der Waals surface area contributed by atoms with Crippen LogP contribution in [0.5, 0.6) is 5.75 Å². The smallest absolute Gasteiger partial charge is 0.146 e. The van der Waals surface area contributed by atoms with E-state index in [0.717, 1.165) is 51.7 Å². The Kier molecular flexibility index (Phi) is 6.00. The van der Waals surface area contributed by atoms with Gasteiger partial charge < -0.3 is 20.8 Å². The molecule has 0 saturated heterocycles. The third kappa shape index (κ3) is 4.28. The molecule has 0 fully saturated rings. The molecule has 3 rings (SSSR count). The Morgan fingerprint density at radius 1 is 1.35 bits per heavy atom. The third-order valence-corrected chi connectivity index (χ3v) is 5.31. The lowest BCUT2D eigenvalue weighted by Crippen LogP contribution is -2.32. The maximum Gasteiger partial charge on any atom is 0.146 e. The maximum absolute atomic E-state index is 6.15. The number of H-pyrrole nitrogens is 1. The van der Waals surface area contributed by atoms with Crippen molar-refractivity contribution in [2.75, 3.05) is 23.9 Å². The summed E-state index contributed by atoms with van der Waals surface area (Å²) in [5, 5.41) is 4.32. The van der Waals surface area contributed by atoms with E-state index in [1.165, 1.54) is 0 Å². The molecule has 0 aliphatic heterocycles. The Morgan fingerprint density at radius 2 is 2.19 bits per heavy atom. The molecule has 4 N–H and O–H groups in total. The lowest BCUT2D eigenvalue weighted by atomic mass is 10.2. The Bertz CT molecular complexity index is 879. The van der Waals surface area contributed by atoms with Gasteiger partial charge in [-0.05, 0) is 43.4 Å². The summed E-state index contributed by atoms with van der Waals surface area (Å²) in [6.45, 7) is 4.12. The predicted octanol–water partition coefficient (Wildman–Crippen LogP) is 3.78. The zero-order valence-electron chi connectivity index (χ0n) is 15.4. The fraction of sp³-hybridized carbons (Fsp3) is 0.368. The first-order valence-corrected chi connectivity index (χ1v) is 9.86. The summed E-state index contributed by atoms with van der Waals surface area (Å²) in [7, 11) is 1.67. The number of hydrogen-bond acceptors (Lipinski definition) is 6. The second kappa shape index (κ2) is 8.42. The molecule has 6 nitrogen and oxygen atoms in total. The van der Waals surface area contributed by atoms with Crippen molar-refractivity contribution < 1.29 is 4.74 Å². The van der Waals surface area contributed by atoms with Gasteiger partial charge in [-0.25, -0.2) is 4.98 Å². The molecule has 7 heteroatoms. The van der Waals surface area contributed by atoms with Crippen LogP contribution < -0.4 is 15.8 Å². The van der Waals surface area contributed by atoms with Gasteiger partial charge in [0.2, 0.25) is 0 Å². The number of methoxy groups -OCH3 is 1. The minimum absolute atomic E-state index is 0.150. The van der Waals surface area contributed by atoms with Crippen molar-refractivity contribution in [1.82, 2.24) is 15.0 Å². The molecule has 0 aliphatic rings. The van der Waals surface area contributed by atoms with Crippen molar-refractivity contribution in [1.29, 1.82) is 0 Å². The highest BCUT2D eigenvalue weighted by Gasteiger charge is 2.12. The molecule has 0 amide bonds. The fourth-order valence-electron chi connectivity index (χ4n) is 2.73. The van der Waals surface area contributed by atoms with E-state index in [4.69, 9.17) is 15.5 Å². The molecular formula is C19H25N5OS. The van der Waals surface area contributed by atoms with E-state index in [9.17, 15) is 0 Å². The Morgan fingerprint density at radius 3 is 2.96 bits per heavy atom. The minimum Gasteiger partial charge on any atom is -0.497 e. The van der Waals surface area contributed by atoms with Crippen molar-refractivity contribution >= 4 is 28.5 Å². The highest BCUT2D eigenvalue weighted by atomic mass is 32.2. The minimum atomic E-state index is -0.150. The molecule has 0 bridgehead atoms. The van der Waals surface area contributed by atoms with E-state index in [2.05, 4.69) is 28.3 Å². The SMILES string of the molecule is CCCSC[C@H](N)Nc1cnc(C)c(-c2cc3cc(OC)ccc3[nH]2)n1. The molecule has 0 radical (unpaired) electrons. The number of aromatic nitrogens is 3. The molecular weight excluding hydrogens is 346 g/mol. The molecule has 3 aromatic rings. The van der Waals surface area contributed by atoms with E-state index in [1.54, 1.807) is 13.3 Å². The van der Waals surface area contributed by atoms with Crippen molar-refractivity contribution in [2.45, 2.75) is 26.4 Å². The number of fused-ring (bicyclic) bond motifs is 1. The highest BCUT2D eigenvalue weighted by molar-refractivity contribution is 7.99. The van der Waals surface area contributed by atoms with E-state index in [1.807, 2.05) is 36.9 Å². The topological polar surface area (TPSA) is 88.9 Å². The number of benzene rings is 1. The molecule has 2 heterocycles. The number of aryl methyl sites for hydroxylation is 1. The van der Waals surface area contributed by atoms with Gasteiger partial charge in [0.25, 0.3) is 0 Å². The first-order chi connectivity index (χ1) is 12.6. The zero-order valence-corrected chi connectivity index (χ0v) is 16.2. The van der Waals surface area contributed by atoms with Crippen molar-refractivity contribution in [3.8, 4) is 17.1 Å². The predicted molar refractivity (Wildman–Crippen MR) is 110 cm³/mol.